The van der Waals surface area contributed by atoms with Crippen molar-refractivity contribution in [2.45, 2.75) is 51.4 Å². The third-order valence-electron chi connectivity index (χ3n) is 2.88. The van der Waals surface area contributed by atoms with E-state index in [2.05, 4.69) is 40.4 Å². The fraction of sp³-hybridized carbons (Fsp3) is 0.818. The highest BCUT2D eigenvalue weighted by Crippen LogP contribution is 2.36. The Morgan fingerprint density at radius 1 is 1.43 bits per heavy atom. The molecule has 0 saturated carbocycles. The zero-order valence-corrected chi connectivity index (χ0v) is 11.1. The molecule has 0 amide bonds. The SMILES string of the molecule is C=CCC(O)CO[Si](C)(C)C(C)(C)C. The molecule has 1 N–H and O–H groups in total. The van der Waals surface area contributed by atoms with E-state index in [9.17, 15) is 5.11 Å². The molecule has 3 heteroatoms. The lowest BCUT2D eigenvalue weighted by Gasteiger charge is -2.36. The van der Waals surface area contributed by atoms with Crippen LogP contribution in [0.1, 0.15) is 27.2 Å². The van der Waals surface area contributed by atoms with Gasteiger partial charge in [-0.1, -0.05) is 26.8 Å². The van der Waals surface area contributed by atoms with Crippen LogP contribution in [0, 0.1) is 0 Å². The fourth-order valence-electron chi connectivity index (χ4n) is 0.781. The molecule has 0 aromatic rings. The van der Waals surface area contributed by atoms with Crippen LogP contribution in [0.15, 0.2) is 12.7 Å². The topological polar surface area (TPSA) is 29.5 Å². The van der Waals surface area contributed by atoms with Gasteiger partial charge in [0.15, 0.2) is 8.32 Å². The van der Waals surface area contributed by atoms with E-state index in [1.807, 2.05) is 0 Å². The number of aliphatic hydroxyl groups is 1. The molecule has 0 saturated heterocycles. The van der Waals surface area contributed by atoms with Crippen molar-refractivity contribution in [2.75, 3.05) is 6.61 Å². The van der Waals surface area contributed by atoms with Gasteiger partial charge in [0.1, 0.15) is 0 Å². The molecule has 0 radical (unpaired) electrons. The summed E-state index contributed by atoms with van der Waals surface area (Å²) in [6.45, 7) is 15.0. The lowest BCUT2D eigenvalue weighted by Crippen LogP contribution is -2.42. The van der Waals surface area contributed by atoms with E-state index in [0.29, 0.717) is 13.0 Å². The van der Waals surface area contributed by atoms with E-state index in [1.54, 1.807) is 6.08 Å². The summed E-state index contributed by atoms with van der Waals surface area (Å²) in [5, 5.41) is 9.71. The van der Waals surface area contributed by atoms with Gasteiger partial charge in [0.05, 0.1) is 12.7 Å². The average molecular weight is 216 g/mol. The van der Waals surface area contributed by atoms with Gasteiger partial charge >= 0.3 is 0 Å². The quantitative estimate of drug-likeness (QED) is 0.565. The number of hydrogen-bond donors (Lipinski definition) is 1. The van der Waals surface area contributed by atoms with Crippen molar-refractivity contribution in [2.24, 2.45) is 0 Å². The third kappa shape index (κ3) is 4.40. The highest BCUT2D eigenvalue weighted by molar-refractivity contribution is 6.74. The van der Waals surface area contributed by atoms with Crippen LogP contribution in [0.2, 0.25) is 18.1 Å². The van der Waals surface area contributed by atoms with Crippen LogP contribution in [0.5, 0.6) is 0 Å². The smallest absolute Gasteiger partial charge is 0.192 e. The van der Waals surface area contributed by atoms with E-state index in [-0.39, 0.29) is 5.04 Å². The van der Waals surface area contributed by atoms with Crippen molar-refractivity contribution in [3.05, 3.63) is 12.7 Å². The van der Waals surface area contributed by atoms with Crippen molar-refractivity contribution in [1.29, 1.82) is 0 Å². The normalized spacial score (nSPS) is 15.3. The van der Waals surface area contributed by atoms with Gasteiger partial charge in [-0.3, -0.25) is 0 Å². The number of aliphatic hydroxyl groups excluding tert-OH is 1. The molecule has 0 aliphatic carbocycles. The summed E-state index contributed by atoms with van der Waals surface area (Å²) >= 11 is 0. The molecule has 0 bridgehead atoms. The summed E-state index contributed by atoms with van der Waals surface area (Å²) in [5.41, 5.74) is 0. The molecule has 0 aliphatic rings. The maximum absolute atomic E-state index is 9.50. The van der Waals surface area contributed by atoms with Crippen molar-refractivity contribution < 1.29 is 9.53 Å². The minimum Gasteiger partial charge on any atom is -0.414 e. The van der Waals surface area contributed by atoms with Gasteiger partial charge in [-0.05, 0) is 24.6 Å². The van der Waals surface area contributed by atoms with Crippen LogP contribution in [0.4, 0.5) is 0 Å². The molecule has 0 rings (SSSR count). The van der Waals surface area contributed by atoms with Gasteiger partial charge in [0.2, 0.25) is 0 Å². The molecule has 2 nitrogen and oxygen atoms in total. The van der Waals surface area contributed by atoms with Gasteiger partial charge in [-0.2, -0.15) is 0 Å². The monoisotopic (exact) mass is 216 g/mol. The first-order valence-corrected chi connectivity index (χ1v) is 8.04. The van der Waals surface area contributed by atoms with E-state index in [0.717, 1.165) is 0 Å². The van der Waals surface area contributed by atoms with Gasteiger partial charge in [-0.15, -0.1) is 6.58 Å². The second kappa shape index (κ2) is 5.10. The van der Waals surface area contributed by atoms with E-state index in [1.165, 1.54) is 0 Å². The van der Waals surface area contributed by atoms with Crippen LogP contribution in [0.25, 0.3) is 0 Å². The molecule has 1 unspecified atom stereocenters. The first-order valence-electron chi connectivity index (χ1n) is 5.13. The van der Waals surface area contributed by atoms with Gasteiger partial charge in [0, 0.05) is 0 Å². The summed E-state index contributed by atoms with van der Waals surface area (Å²) < 4.78 is 5.85. The predicted molar refractivity (Wildman–Crippen MR) is 64.0 cm³/mol. The minimum absolute atomic E-state index is 0.209. The molecule has 0 spiro atoms. The molecular weight excluding hydrogens is 192 g/mol. The van der Waals surface area contributed by atoms with E-state index >= 15 is 0 Å². The maximum Gasteiger partial charge on any atom is 0.192 e. The molecular formula is C11H24O2Si. The van der Waals surface area contributed by atoms with Crippen LogP contribution in [-0.2, 0) is 4.43 Å². The first-order chi connectivity index (χ1) is 6.20. The molecule has 84 valence electrons. The Labute approximate surface area is 89.1 Å². The molecule has 0 aliphatic heterocycles. The summed E-state index contributed by atoms with van der Waals surface area (Å²) in [5.74, 6) is 0. The van der Waals surface area contributed by atoms with Crippen LogP contribution >= 0.6 is 0 Å². The largest absolute Gasteiger partial charge is 0.414 e. The lowest BCUT2D eigenvalue weighted by atomic mass is 10.2. The van der Waals surface area contributed by atoms with Crippen LogP contribution in [-0.4, -0.2) is 26.1 Å². The summed E-state index contributed by atoms with van der Waals surface area (Å²) in [6.07, 6.45) is 1.93. The zero-order valence-electron chi connectivity index (χ0n) is 10.1. The van der Waals surface area contributed by atoms with Gasteiger partial charge < -0.3 is 9.53 Å². The molecule has 0 heterocycles. The Morgan fingerprint density at radius 3 is 2.29 bits per heavy atom. The highest BCUT2D eigenvalue weighted by atomic mass is 28.4. The predicted octanol–water partition coefficient (Wildman–Crippen LogP) is 2.95. The van der Waals surface area contributed by atoms with Crippen LogP contribution < -0.4 is 0 Å². The molecule has 0 aromatic carbocycles. The van der Waals surface area contributed by atoms with E-state index in [4.69, 9.17) is 4.43 Å². The van der Waals surface area contributed by atoms with Crippen molar-refractivity contribution in [3.8, 4) is 0 Å². The molecule has 0 aromatic heterocycles. The standard InChI is InChI=1S/C11H24O2Si/c1-7-8-10(12)9-13-14(5,6)11(2,3)4/h7,10,12H,1,8-9H2,2-6H3. The zero-order chi connectivity index (χ0) is 11.4. The van der Waals surface area contributed by atoms with Crippen molar-refractivity contribution in [1.82, 2.24) is 0 Å². The lowest BCUT2D eigenvalue weighted by molar-refractivity contribution is 0.102. The maximum atomic E-state index is 9.50. The first kappa shape index (κ1) is 13.9. The Morgan fingerprint density at radius 2 is 1.93 bits per heavy atom. The second-order valence-electron chi connectivity index (χ2n) is 5.25. The second-order valence-corrected chi connectivity index (χ2v) is 10.1. The highest BCUT2D eigenvalue weighted by Gasteiger charge is 2.37. The van der Waals surface area contributed by atoms with Gasteiger partial charge in [-0.25, -0.2) is 0 Å². The summed E-state index contributed by atoms with van der Waals surface area (Å²) in [4.78, 5) is 0. The van der Waals surface area contributed by atoms with Crippen molar-refractivity contribution >= 4 is 8.32 Å². The van der Waals surface area contributed by atoms with Gasteiger partial charge in [0.25, 0.3) is 0 Å². The summed E-state index contributed by atoms with van der Waals surface area (Å²) in [6, 6.07) is 0. The third-order valence-corrected chi connectivity index (χ3v) is 7.38. The number of rotatable bonds is 5. The molecule has 0 fully saturated rings. The summed E-state index contributed by atoms with van der Waals surface area (Å²) in [7, 11) is -1.69. The fourth-order valence-corrected chi connectivity index (χ4v) is 1.82. The Balaban J connectivity index is 4.05. The van der Waals surface area contributed by atoms with E-state index < -0.39 is 14.4 Å². The Hall–Kier alpha value is -0.123. The average Bonchev–Trinajstić information content (AvgIpc) is 1.99. The Bertz CT molecular complexity index is 182. The molecule has 1 atom stereocenters. The van der Waals surface area contributed by atoms with Crippen LogP contribution in [0.3, 0.4) is 0 Å². The Kier molecular flexibility index (Phi) is 5.05. The molecule has 14 heavy (non-hydrogen) atoms. The van der Waals surface area contributed by atoms with Crippen molar-refractivity contribution in [3.63, 3.8) is 0 Å². The number of hydrogen-bond acceptors (Lipinski definition) is 2. The minimum atomic E-state index is -1.69.